The van der Waals surface area contributed by atoms with Crippen LogP contribution in [0.4, 0.5) is 0 Å². The summed E-state index contributed by atoms with van der Waals surface area (Å²) in [5.41, 5.74) is 0. The number of carbonyl (C=O) groups is 1. The van der Waals surface area contributed by atoms with E-state index in [0.717, 1.165) is 6.29 Å². The minimum absolute atomic E-state index is 0. The second kappa shape index (κ2) is 34.3. The molecule has 0 amide bonds. The van der Waals surface area contributed by atoms with Gasteiger partial charge in [-0.3, -0.25) is 0 Å². The molecular formula is C3H7BNNaO. The van der Waals surface area contributed by atoms with E-state index in [2.05, 4.69) is 0 Å². The van der Waals surface area contributed by atoms with Crippen LogP contribution in [0, 0.1) is 11.2 Å². The summed E-state index contributed by atoms with van der Waals surface area (Å²) >= 11 is 0. The molecular weight excluding hydrogens is 99.8 g/mol. The fraction of sp³-hybridized carbons (Fsp3) is 0.333. The Bertz CT molecular complexity index is 60.4. The fourth-order valence-corrected chi connectivity index (χ4v) is 0. The van der Waals surface area contributed by atoms with Gasteiger partial charge in [0.25, 0.3) is 0 Å². The molecule has 0 bridgehead atoms. The predicted molar refractivity (Wildman–Crippen MR) is 33.0 cm³/mol. The van der Waals surface area contributed by atoms with E-state index in [1.54, 1.807) is 5.97 Å². The molecule has 0 aliphatic carbocycles. The van der Waals surface area contributed by atoms with Crippen molar-refractivity contribution in [1.29, 1.82) is 5.26 Å². The Labute approximate surface area is 66.6 Å². The van der Waals surface area contributed by atoms with Crippen molar-refractivity contribution in [1.82, 2.24) is 0 Å². The van der Waals surface area contributed by atoms with Crippen molar-refractivity contribution < 1.29 is 4.79 Å². The van der Waals surface area contributed by atoms with Crippen molar-refractivity contribution >= 4 is 43.7 Å². The molecule has 0 aromatic carbocycles. The van der Waals surface area contributed by atoms with Crippen LogP contribution in [-0.4, -0.2) is 43.7 Å². The number of carbonyl (C=O) groups excluding carboxylic acids is 1. The number of aldehydes is 1. The average Bonchev–Trinajstić information content (AvgIpc) is 1.39. The molecule has 34 valence electrons. The summed E-state index contributed by atoms with van der Waals surface area (Å²) in [5.74, 6) is 1.75. The first-order chi connectivity index (χ1) is 2.83. The Morgan fingerprint density at radius 3 is 1.86 bits per heavy atom. The van der Waals surface area contributed by atoms with Crippen LogP contribution in [-0.2, 0) is 4.79 Å². The van der Waals surface area contributed by atoms with Gasteiger partial charge in [0.15, 0.2) is 0 Å². The van der Waals surface area contributed by atoms with Crippen LogP contribution >= 0.6 is 0 Å². The summed E-state index contributed by atoms with van der Waals surface area (Å²) in [6.45, 7) is 1.44. The monoisotopic (exact) mass is 107 g/mol. The maximum absolute atomic E-state index is 8.81. The standard InChI is InChI=1S/C2H4O.CH2BN.Na.H/c1-2-3;2-1-3;;/h2H,1H3;2H2;;. The number of nitriles is 1. The third-order valence-electron chi connectivity index (χ3n) is 0. The second-order valence-electron chi connectivity index (χ2n) is 0.459. The molecule has 0 saturated heterocycles. The first kappa shape index (κ1) is 15.7. The van der Waals surface area contributed by atoms with Gasteiger partial charge in [-0.05, 0) is 12.9 Å². The van der Waals surface area contributed by atoms with Crippen LogP contribution in [0.2, 0.25) is 0 Å². The summed E-state index contributed by atoms with van der Waals surface area (Å²) in [6.07, 6.45) is 0.750. The Balaban J connectivity index is -0.0000000400. The van der Waals surface area contributed by atoms with Gasteiger partial charge in [0, 0.05) is 0 Å². The zero-order chi connectivity index (χ0) is 5.41. The molecule has 0 spiro atoms. The Morgan fingerprint density at radius 2 is 1.86 bits per heavy atom. The van der Waals surface area contributed by atoms with E-state index in [1.165, 1.54) is 14.8 Å². The van der Waals surface area contributed by atoms with Crippen LogP contribution in [0.25, 0.3) is 0 Å². The third kappa shape index (κ3) is 2200. The Morgan fingerprint density at radius 1 is 1.86 bits per heavy atom. The minimum atomic E-state index is 0. The van der Waals surface area contributed by atoms with E-state index in [0.29, 0.717) is 0 Å². The molecule has 0 N–H and O–H groups in total. The second-order valence-corrected chi connectivity index (χ2v) is 0.459. The molecule has 4 heteroatoms. The zero-order valence-electron chi connectivity index (χ0n) is 3.93. The van der Waals surface area contributed by atoms with Gasteiger partial charge in [0.2, 0.25) is 7.85 Å². The van der Waals surface area contributed by atoms with Crippen molar-refractivity contribution in [2.45, 2.75) is 6.92 Å². The average molecular weight is 107 g/mol. The number of hydrogen-bond donors (Lipinski definition) is 0. The Hall–Kier alpha value is 0.225. The third-order valence-corrected chi connectivity index (χ3v) is 0. The summed E-state index contributed by atoms with van der Waals surface area (Å²) in [6, 6.07) is 0. The van der Waals surface area contributed by atoms with Gasteiger partial charge in [-0.2, -0.15) is 0 Å². The van der Waals surface area contributed by atoms with E-state index >= 15 is 0 Å². The van der Waals surface area contributed by atoms with Crippen LogP contribution < -0.4 is 0 Å². The van der Waals surface area contributed by atoms with Crippen molar-refractivity contribution in [3.63, 3.8) is 0 Å². The predicted octanol–water partition coefficient (Wildman–Crippen LogP) is -1.34. The summed E-state index contributed by atoms with van der Waals surface area (Å²) < 4.78 is 0. The number of rotatable bonds is 0. The molecule has 0 aromatic rings. The van der Waals surface area contributed by atoms with E-state index in [1.807, 2.05) is 0 Å². The molecule has 0 aromatic heterocycles. The van der Waals surface area contributed by atoms with Gasteiger partial charge in [0.1, 0.15) is 6.29 Å². The molecule has 0 fully saturated rings. The van der Waals surface area contributed by atoms with E-state index in [-0.39, 0.29) is 29.6 Å². The van der Waals surface area contributed by atoms with Gasteiger partial charge in [0.05, 0.1) is 0 Å². The molecule has 0 heterocycles. The van der Waals surface area contributed by atoms with Crippen LogP contribution in [0.3, 0.4) is 0 Å². The number of hydrogen-bond acceptors (Lipinski definition) is 2. The van der Waals surface area contributed by atoms with Crippen molar-refractivity contribution in [3.05, 3.63) is 0 Å². The van der Waals surface area contributed by atoms with Gasteiger partial charge in [-0.1, -0.05) is 0 Å². The van der Waals surface area contributed by atoms with Crippen molar-refractivity contribution in [3.8, 4) is 5.97 Å². The quantitative estimate of drug-likeness (QED) is 0.284. The number of nitrogens with zero attached hydrogens (tertiary/aromatic N) is 1. The summed E-state index contributed by atoms with van der Waals surface area (Å²) in [7, 11) is 1.43. The van der Waals surface area contributed by atoms with Gasteiger partial charge < -0.3 is 4.79 Å². The molecule has 0 aliphatic rings. The molecule has 7 heavy (non-hydrogen) atoms. The molecule has 0 saturated carbocycles. The molecule has 2 nitrogen and oxygen atoms in total. The SMILES string of the molecule is BC#N.CC=O.[NaH]. The van der Waals surface area contributed by atoms with E-state index < -0.39 is 0 Å². The zero-order valence-corrected chi connectivity index (χ0v) is 3.93. The molecule has 0 atom stereocenters. The van der Waals surface area contributed by atoms with E-state index in [4.69, 9.17) is 10.1 Å². The first-order valence-corrected chi connectivity index (χ1v) is 1.54. The van der Waals surface area contributed by atoms with Crippen LogP contribution in [0.1, 0.15) is 6.92 Å². The molecule has 0 rings (SSSR count). The van der Waals surface area contributed by atoms with Gasteiger partial charge in [-0.15, -0.1) is 0 Å². The molecule has 0 radical (unpaired) electrons. The van der Waals surface area contributed by atoms with Gasteiger partial charge in [-0.25, -0.2) is 5.26 Å². The molecule has 0 aliphatic heterocycles. The Kier molecular flexibility index (Phi) is 76.9. The molecule has 0 unspecified atom stereocenters. The first-order valence-electron chi connectivity index (χ1n) is 1.54. The summed E-state index contributed by atoms with van der Waals surface area (Å²) in [4.78, 5) is 8.81. The normalized spacial score (nSPS) is 2.86. The maximum atomic E-state index is 8.81. The van der Waals surface area contributed by atoms with Crippen molar-refractivity contribution in [2.24, 2.45) is 0 Å². The van der Waals surface area contributed by atoms with Crippen molar-refractivity contribution in [2.75, 3.05) is 0 Å². The fourth-order valence-electron chi connectivity index (χ4n) is 0. The van der Waals surface area contributed by atoms with E-state index in [9.17, 15) is 0 Å². The van der Waals surface area contributed by atoms with Gasteiger partial charge >= 0.3 is 29.6 Å². The topological polar surface area (TPSA) is 40.9 Å². The van der Waals surface area contributed by atoms with Crippen LogP contribution in [0.15, 0.2) is 0 Å². The van der Waals surface area contributed by atoms with Crippen LogP contribution in [0.5, 0.6) is 0 Å². The summed E-state index contributed by atoms with van der Waals surface area (Å²) in [5, 5.41) is 7.32.